The van der Waals surface area contributed by atoms with Gasteiger partial charge in [-0.25, -0.2) is 4.79 Å². The van der Waals surface area contributed by atoms with Gasteiger partial charge in [0.15, 0.2) is 4.80 Å². The summed E-state index contributed by atoms with van der Waals surface area (Å²) in [6.45, 7) is 8.01. The molecule has 1 unspecified atom stereocenters. The van der Waals surface area contributed by atoms with Gasteiger partial charge in [-0.05, 0) is 70.9 Å². The van der Waals surface area contributed by atoms with Crippen LogP contribution in [0.3, 0.4) is 0 Å². The molecule has 0 radical (unpaired) electrons. The second-order valence-electron chi connectivity index (χ2n) is 12.1. The first-order valence-corrected chi connectivity index (χ1v) is 16.9. The molecule has 0 fully saturated rings. The van der Waals surface area contributed by atoms with Crippen LogP contribution < -0.4 is 4.80 Å². The molecule has 3 rings (SSSR count). The first-order chi connectivity index (χ1) is 21.1. The SMILES string of the molecule is CC(C)(C)C(=O)OCOC(=O)c1ccc(-c2csc(=N)n2Cc2ccc(C(F)(F)P(=O)(O)OCOC(=O)C(C)(C)C)c(Br)c2)cc1. The van der Waals surface area contributed by atoms with Gasteiger partial charge in [-0.2, -0.15) is 8.78 Å². The number of benzene rings is 2. The van der Waals surface area contributed by atoms with E-state index in [1.54, 1.807) is 42.9 Å². The number of rotatable bonds is 11. The fourth-order valence-electron chi connectivity index (χ4n) is 3.63. The van der Waals surface area contributed by atoms with Crippen LogP contribution in [0.5, 0.6) is 0 Å². The van der Waals surface area contributed by atoms with E-state index in [2.05, 4.69) is 20.5 Å². The van der Waals surface area contributed by atoms with Crippen molar-refractivity contribution in [1.82, 2.24) is 4.57 Å². The lowest BCUT2D eigenvalue weighted by Crippen LogP contribution is -2.25. The molecule has 1 atom stereocenters. The maximum atomic E-state index is 15.2. The largest absolute Gasteiger partial charge is 0.438 e. The molecule has 0 saturated carbocycles. The highest BCUT2D eigenvalue weighted by Crippen LogP contribution is 2.64. The van der Waals surface area contributed by atoms with Gasteiger partial charge in [0, 0.05) is 15.4 Å². The second-order valence-corrected chi connectivity index (χ2v) is 15.7. The maximum absolute atomic E-state index is 15.2. The number of thiazole rings is 1. The van der Waals surface area contributed by atoms with Gasteiger partial charge in [-0.3, -0.25) is 24.1 Å². The first kappa shape index (κ1) is 37.2. The highest BCUT2D eigenvalue weighted by molar-refractivity contribution is 9.10. The fraction of sp³-hybridized carbons (Fsp3) is 0.400. The van der Waals surface area contributed by atoms with Crippen LogP contribution in [0.25, 0.3) is 11.3 Å². The summed E-state index contributed by atoms with van der Waals surface area (Å²) in [6, 6.07) is 9.96. The second kappa shape index (κ2) is 14.3. The van der Waals surface area contributed by atoms with Gasteiger partial charge in [0.2, 0.25) is 13.6 Å². The number of carbonyl (C=O) groups excluding carboxylic acids is 3. The van der Waals surface area contributed by atoms with Crippen LogP contribution in [-0.2, 0) is 45.1 Å². The predicted octanol–water partition coefficient (Wildman–Crippen LogP) is 7.01. The Kier molecular flexibility index (Phi) is 11.5. The van der Waals surface area contributed by atoms with Crippen LogP contribution in [0.1, 0.15) is 63.0 Å². The summed E-state index contributed by atoms with van der Waals surface area (Å²) >= 11 is 4.19. The normalized spacial score (nSPS) is 13.5. The predicted molar refractivity (Wildman–Crippen MR) is 168 cm³/mol. The lowest BCUT2D eigenvalue weighted by molar-refractivity contribution is -0.162. The van der Waals surface area contributed by atoms with Crippen LogP contribution in [-0.4, -0.2) is 41.0 Å². The molecule has 2 N–H and O–H groups in total. The van der Waals surface area contributed by atoms with Crippen LogP contribution in [0.4, 0.5) is 8.78 Å². The summed E-state index contributed by atoms with van der Waals surface area (Å²) in [5, 5.41) is 10.1. The Hall–Kier alpha value is -3.23. The average molecular weight is 748 g/mol. The molecule has 0 bridgehead atoms. The van der Waals surface area contributed by atoms with E-state index < -0.39 is 61.1 Å². The summed E-state index contributed by atoms with van der Waals surface area (Å²) in [4.78, 5) is 46.3. The molecule has 1 heterocycles. The van der Waals surface area contributed by atoms with E-state index in [1.807, 2.05) is 0 Å². The van der Waals surface area contributed by atoms with E-state index >= 15 is 8.78 Å². The van der Waals surface area contributed by atoms with Crippen molar-refractivity contribution in [3.63, 3.8) is 0 Å². The molecule has 0 aliphatic heterocycles. The number of aromatic nitrogens is 1. The molecule has 0 saturated heterocycles. The summed E-state index contributed by atoms with van der Waals surface area (Å²) in [5.74, 6) is -2.01. The van der Waals surface area contributed by atoms with Gasteiger partial charge >= 0.3 is 31.2 Å². The highest BCUT2D eigenvalue weighted by atomic mass is 79.9. The number of esters is 3. The van der Waals surface area contributed by atoms with Crippen molar-refractivity contribution in [2.75, 3.05) is 13.6 Å². The molecule has 46 heavy (non-hydrogen) atoms. The first-order valence-electron chi connectivity index (χ1n) is 13.6. The standard InChI is InChI=1S/C30H34BrF2N2O9PS/c1-28(2,3)25(37)42-16-41-24(36)20-10-8-19(9-11-20)23-15-46-27(34)35(23)14-18-7-12-21(22(31)13-18)30(32,33)45(39,40)44-17-43-26(38)29(4,5)6/h7-13,15,34H,14,16-17H2,1-6H3,(H,39,40). The van der Waals surface area contributed by atoms with Crippen molar-refractivity contribution < 1.29 is 51.4 Å². The van der Waals surface area contributed by atoms with Gasteiger partial charge in [0.25, 0.3) is 0 Å². The molecule has 0 aliphatic rings. The van der Waals surface area contributed by atoms with Crippen LogP contribution in [0, 0.1) is 16.2 Å². The van der Waals surface area contributed by atoms with Crippen LogP contribution in [0.15, 0.2) is 52.3 Å². The molecule has 2 aromatic carbocycles. The van der Waals surface area contributed by atoms with Crippen LogP contribution >= 0.6 is 34.9 Å². The van der Waals surface area contributed by atoms with Crippen molar-refractivity contribution in [1.29, 1.82) is 5.41 Å². The molecule has 1 aromatic heterocycles. The van der Waals surface area contributed by atoms with Gasteiger partial charge in [-0.1, -0.05) is 40.2 Å². The minimum absolute atomic E-state index is 0.0844. The third-order valence-electron chi connectivity index (χ3n) is 6.31. The molecule has 11 nitrogen and oxygen atoms in total. The molecule has 250 valence electrons. The van der Waals surface area contributed by atoms with Gasteiger partial charge in [0.1, 0.15) is 0 Å². The summed E-state index contributed by atoms with van der Waals surface area (Å²) in [6.07, 6.45) is 0. The molecular formula is C30H34BrF2N2O9PS. The lowest BCUT2D eigenvalue weighted by Gasteiger charge is -2.24. The van der Waals surface area contributed by atoms with E-state index in [0.717, 1.165) is 17.4 Å². The Morgan fingerprint density at radius 3 is 2.04 bits per heavy atom. The molecular weight excluding hydrogens is 713 g/mol. The van der Waals surface area contributed by atoms with E-state index in [-0.39, 0.29) is 21.4 Å². The third kappa shape index (κ3) is 8.97. The fourth-order valence-corrected chi connectivity index (χ4v) is 6.09. The van der Waals surface area contributed by atoms with E-state index in [9.17, 15) is 23.8 Å². The summed E-state index contributed by atoms with van der Waals surface area (Å²) in [7, 11) is -5.64. The molecule has 0 aliphatic carbocycles. The minimum atomic E-state index is -5.64. The topological polar surface area (TPSA) is 154 Å². The van der Waals surface area contributed by atoms with Crippen molar-refractivity contribution in [3.05, 3.63) is 73.8 Å². The Morgan fingerprint density at radius 2 is 1.50 bits per heavy atom. The number of ether oxygens (including phenoxy) is 3. The number of nitrogens with zero attached hydrogens (tertiary/aromatic N) is 1. The Morgan fingerprint density at radius 1 is 0.935 bits per heavy atom. The number of halogens is 3. The van der Waals surface area contributed by atoms with E-state index in [4.69, 9.17) is 19.6 Å². The number of alkyl halides is 2. The average Bonchev–Trinajstić information content (AvgIpc) is 3.31. The summed E-state index contributed by atoms with van der Waals surface area (Å²) in [5.41, 5.74) is -4.92. The van der Waals surface area contributed by atoms with Crippen LogP contribution in [0.2, 0.25) is 0 Å². The monoisotopic (exact) mass is 746 g/mol. The zero-order valence-corrected chi connectivity index (χ0v) is 29.2. The number of hydrogen-bond donors (Lipinski definition) is 2. The van der Waals surface area contributed by atoms with Gasteiger partial charge in [-0.15, -0.1) is 11.3 Å². The smallest absolute Gasteiger partial charge is 0.404 e. The third-order valence-corrected chi connectivity index (χ3v) is 9.16. The summed E-state index contributed by atoms with van der Waals surface area (Å²) < 4.78 is 63.3. The maximum Gasteiger partial charge on any atom is 0.404 e. The van der Waals surface area contributed by atoms with Gasteiger partial charge in [0.05, 0.1) is 28.6 Å². The number of nitrogens with one attached hydrogen (secondary N) is 1. The van der Waals surface area contributed by atoms with E-state index in [1.165, 1.54) is 45.0 Å². The lowest BCUT2D eigenvalue weighted by atomic mass is 9.97. The van der Waals surface area contributed by atoms with Gasteiger partial charge < -0.3 is 23.7 Å². The van der Waals surface area contributed by atoms with E-state index in [0.29, 0.717) is 16.8 Å². The Labute approximate surface area is 276 Å². The molecule has 0 amide bonds. The Bertz CT molecular complexity index is 1710. The van der Waals surface area contributed by atoms with Crippen molar-refractivity contribution in [2.24, 2.45) is 10.8 Å². The highest BCUT2D eigenvalue weighted by Gasteiger charge is 2.54. The molecule has 0 spiro atoms. The van der Waals surface area contributed by atoms with Crippen molar-refractivity contribution in [2.45, 2.75) is 53.8 Å². The Balaban J connectivity index is 1.73. The molecule has 16 heteroatoms. The number of carbonyl (C=O) groups is 3. The van der Waals surface area contributed by atoms with Crippen molar-refractivity contribution >= 4 is 52.8 Å². The quantitative estimate of drug-likeness (QED) is 0.120. The molecule has 3 aromatic rings. The zero-order chi connectivity index (χ0) is 34.7. The zero-order valence-electron chi connectivity index (χ0n) is 25.9. The minimum Gasteiger partial charge on any atom is -0.438 e. The number of hydrogen-bond acceptors (Lipinski definition) is 10. The van der Waals surface area contributed by atoms with Crippen molar-refractivity contribution in [3.8, 4) is 11.3 Å².